The van der Waals surface area contributed by atoms with E-state index < -0.39 is 0 Å². The molecule has 2 aromatic heterocycles. The molecular formula is C27H24ClN3O2S. The molecule has 0 unspecified atom stereocenters. The molecule has 4 rings (SSSR count). The molecule has 2 heterocycles. The van der Waals surface area contributed by atoms with Gasteiger partial charge in [0.25, 0.3) is 5.91 Å². The molecule has 0 atom stereocenters. The van der Waals surface area contributed by atoms with Crippen LogP contribution in [0.3, 0.4) is 0 Å². The van der Waals surface area contributed by atoms with Crippen LogP contribution in [-0.4, -0.2) is 28.7 Å². The first-order chi connectivity index (χ1) is 16.3. The first-order valence-corrected chi connectivity index (χ1v) is 12.0. The lowest BCUT2D eigenvalue weighted by molar-refractivity contribution is -0.111. The maximum Gasteiger partial charge on any atom is 0.266 e. The van der Waals surface area contributed by atoms with Crippen LogP contribution in [0.25, 0.3) is 16.3 Å². The number of hydrogen-bond donors (Lipinski definition) is 1. The molecule has 4 aromatic rings. The minimum Gasteiger partial charge on any atom is -0.337 e. The highest BCUT2D eigenvalue weighted by molar-refractivity contribution is 7.21. The van der Waals surface area contributed by atoms with E-state index in [9.17, 15) is 9.59 Å². The standard InChI is InChI=1S/C27H24ClN3O2S/c1-17-22-24(30-21(32)15-14-19-10-6-4-7-11-19)25(34-26(22)29-18(2)23(17)28)27(33)31(3)16-20-12-8-5-9-13-20/h4-15H,16H2,1-3H3,(H,30,32)/b15-14+. The number of rotatable bonds is 6. The second kappa shape index (κ2) is 10.2. The fourth-order valence-corrected chi connectivity index (χ4v) is 5.07. The lowest BCUT2D eigenvalue weighted by Crippen LogP contribution is -2.26. The zero-order valence-corrected chi connectivity index (χ0v) is 20.7. The van der Waals surface area contributed by atoms with Gasteiger partial charge in [-0.15, -0.1) is 11.3 Å². The van der Waals surface area contributed by atoms with E-state index in [4.69, 9.17) is 11.6 Å². The minimum atomic E-state index is -0.334. The van der Waals surface area contributed by atoms with Gasteiger partial charge >= 0.3 is 0 Å². The van der Waals surface area contributed by atoms with Crippen LogP contribution in [-0.2, 0) is 11.3 Å². The van der Waals surface area contributed by atoms with Gasteiger partial charge in [-0.3, -0.25) is 9.59 Å². The highest BCUT2D eigenvalue weighted by Gasteiger charge is 2.25. The van der Waals surface area contributed by atoms with Crippen LogP contribution in [0, 0.1) is 13.8 Å². The van der Waals surface area contributed by atoms with Gasteiger partial charge in [-0.1, -0.05) is 72.3 Å². The molecule has 0 aliphatic carbocycles. The first-order valence-electron chi connectivity index (χ1n) is 10.8. The fraction of sp³-hybridized carbons (Fsp3) is 0.148. The van der Waals surface area contributed by atoms with Gasteiger partial charge in [0, 0.05) is 25.1 Å². The number of hydrogen-bond acceptors (Lipinski definition) is 4. The van der Waals surface area contributed by atoms with E-state index in [0.29, 0.717) is 38.0 Å². The zero-order valence-electron chi connectivity index (χ0n) is 19.1. The van der Waals surface area contributed by atoms with Crippen molar-refractivity contribution in [1.29, 1.82) is 0 Å². The summed E-state index contributed by atoms with van der Waals surface area (Å²) in [4.78, 5) is 33.7. The smallest absolute Gasteiger partial charge is 0.266 e. The van der Waals surface area contributed by atoms with E-state index in [1.807, 2.05) is 74.5 Å². The summed E-state index contributed by atoms with van der Waals surface area (Å²) in [6.45, 7) is 4.16. The summed E-state index contributed by atoms with van der Waals surface area (Å²) in [6.07, 6.45) is 3.19. The maximum absolute atomic E-state index is 13.5. The molecule has 7 heteroatoms. The molecule has 0 bridgehead atoms. The Balaban J connectivity index is 1.71. The Morgan fingerprint density at radius 1 is 1.06 bits per heavy atom. The Bertz CT molecular complexity index is 1380. The van der Waals surface area contributed by atoms with Gasteiger partial charge in [0.15, 0.2) is 0 Å². The third kappa shape index (κ3) is 5.03. The van der Waals surface area contributed by atoms with Gasteiger partial charge in [0.05, 0.1) is 16.4 Å². The molecule has 1 N–H and O–H groups in total. The van der Waals surface area contributed by atoms with E-state index in [1.54, 1.807) is 18.0 Å². The quantitative estimate of drug-likeness (QED) is 0.315. The van der Waals surface area contributed by atoms with Crippen LogP contribution in [0.5, 0.6) is 0 Å². The number of carbonyl (C=O) groups is 2. The van der Waals surface area contributed by atoms with Crippen molar-refractivity contribution in [2.45, 2.75) is 20.4 Å². The predicted octanol–water partition coefficient (Wildman–Crippen LogP) is 6.49. The number of aryl methyl sites for hydroxylation is 2. The van der Waals surface area contributed by atoms with Gasteiger partial charge in [-0.25, -0.2) is 4.98 Å². The SMILES string of the molecule is Cc1nc2sc(C(=O)N(C)Cc3ccccc3)c(NC(=O)/C=C/c3ccccc3)c2c(C)c1Cl. The van der Waals surface area contributed by atoms with Crippen LogP contribution >= 0.6 is 22.9 Å². The third-order valence-corrected chi connectivity index (χ3v) is 7.09. The molecule has 0 saturated carbocycles. The number of nitrogens with zero attached hydrogens (tertiary/aromatic N) is 2. The minimum absolute atomic E-state index is 0.192. The number of anilines is 1. The van der Waals surface area contributed by atoms with Crippen molar-refractivity contribution in [3.63, 3.8) is 0 Å². The van der Waals surface area contributed by atoms with Crippen molar-refractivity contribution in [2.24, 2.45) is 0 Å². The summed E-state index contributed by atoms with van der Waals surface area (Å²) < 4.78 is 0. The summed E-state index contributed by atoms with van der Waals surface area (Å²) in [5.74, 6) is -0.526. The number of carbonyl (C=O) groups excluding carboxylic acids is 2. The topological polar surface area (TPSA) is 62.3 Å². The van der Waals surface area contributed by atoms with Crippen molar-refractivity contribution in [3.05, 3.63) is 99.0 Å². The fourth-order valence-electron chi connectivity index (χ4n) is 3.70. The highest BCUT2D eigenvalue weighted by Crippen LogP contribution is 2.40. The number of amides is 2. The lowest BCUT2D eigenvalue weighted by Gasteiger charge is -2.17. The first kappa shape index (κ1) is 23.7. The third-order valence-electron chi connectivity index (χ3n) is 5.46. The summed E-state index contributed by atoms with van der Waals surface area (Å²) in [7, 11) is 1.75. The Labute approximate surface area is 207 Å². The second-order valence-electron chi connectivity index (χ2n) is 8.00. The Hall–Kier alpha value is -3.48. The lowest BCUT2D eigenvalue weighted by atomic mass is 10.1. The van der Waals surface area contributed by atoms with Gasteiger partial charge in [-0.05, 0) is 36.6 Å². The van der Waals surface area contributed by atoms with Crippen molar-refractivity contribution in [3.8, 4) is 0 Å². The number of nitrogens with one attached hydrogen (secondary N) is 1. The Kier molecular flexibility index (Phi) is 7.10. The van der Waals surface area contributed by atoms with Crippen LogP contribution in [0.1, 0.15) is 32.1 Å². The van der Waals surface area contributed by atoms with Crippen molar-refractivity contribution >= 4 is 56.7 Å². The van der Waals surface area contributed by atoms with Crippen LogP contribution in [0.4, 0.5) is 5.69 Å². The van der Waals surface area contributed by atoms with E-state index in [2.05, 4.69) is 10.3 Å². The molecule has 5 nitrogen and oxygen atoms in total. The molecule has 34 heavy (non-hydrogen) atoms. The maximum atomic E-state index is 13.5. The second-order valence-corrected chi connectivity index (χ2v) is 9.38. The van der Waals surface area contributed by atoms with E-state index in [1.165, 1.54) is 17.4 Å². The predicted molar refractivity (Wildman–Crippen MR) is 140 cm³/mol. The largest absolute Gasteiger partial charge is 0.337 e. The van der Waals surface area contributed by atoms with Gasteiger partial charge in [0.1, 0.15) is 9.71 Å². The monoisotopic (exact) mass is 489 g/mol. The number of aromatic nitrogens is 1. The van der Waals surface area contributed by atoms with Gasteiger partial charge in [0.2, 0.25) is 5.91 Å². The van der Waals surface area contributed by atoms with Gasteiger partial charge < -0.3 is 10.2 Å². The molecule has 0 saturated heterocycles. The molecule has 0 aliphatic rings. The van der Waals surface area contributed by atoms with Crippen molar-refractivity contribution in [1.82, 2.24) is 9.88 Å². The number of pyridine rings is 1. The summed E-state index contributed by atoms with van der Waals surface area (Å²) in [6, 6.07) is 19.3. The van der Waals surface area contributed by atoms with E-state index in [0.717, 1.165) is 16.7 Å². The number of halogens is 1. The number of benzene rings is 2. The highest BCUT2D eigenvalue weighted by atomic mass is 35.5. The average molecular weight is 490 g/mol. The Morgan fingerprint density at radius 3 is 2.38 bits per heavy atom. The number of thiophene rings is 1. The molecule has 0 fully saturated rings. The summed E-state index contributed by atoms with van der Waals surface area (Å²) in [5.41, 5.74) is 3.84. The molecule has 172 valence electrons. The zero-order chi connectivity index (χ0) is 24.2. The van der Waals surface area contributed by atoms with E-state index in [-0.39, 0.29) is 11.8 Å². The molecular weight excluding hydrogens is 466 g/mol. The molecule has 0 spiro atoms. The van der Waals surface area contributed by atoms with Crippen LogP contribution < -0.4 is 5.32 Å². The van der Waals surface area contributed by atoms with Crippen LogP contribution in [0.2, 0.25) is 5.02 Å². The van der Waals surface area contributed by atoms with Crippen molar-refractivity contribution < 1.29 is 9.59 Å². The van der Waals surface area contributed by atoms with Crippen molar-refractivity contribution in [2.75, 3.05) is 12.4 Å². The van der Waals surface area contributed by atoms with Crippen LogP contribution in [0.15, 0.2) is 66.7 Å². The molecule has 2 aromatic carbocycles. The van der Waals surface area contributed by atoms with Gasteiger partial charge in [-0.2, -0.15) is 0 Å². The Morgan fingerprint density at radius 2 is 1.71 bits per heavy atom. The number of fused-ring (bicyclic) bond motifs is 1. The van der Waals surface area contributed by atoms with E-state index >= 15 is 0 Å². The summed E-state index contributed by atoms with van der Waals surface area (Å²) >= 11 is 7.75. The summed E-state index contributed by atoms with van der Waals surface area (Å²) in [5, 5.41) is 4.15. The normalized spacial score (nSPS) is 11.2. The average Bonchev–Trinajstić information content (AvgIpc) is 3.19. The molecule has 0 radical (unpaired) electrons. The molecule has 2 amide bonds. The molecule has 0 aliphatic heterocycles.